The Bertz CT molecular complexity index is 648. The van der Waals surface area contributed by atoms with Gasteiger partial charge in [-0.2, -0.15) is 0 Å². The summed E-state index contributed by atoms with van der Waals surface area (Å²) in [6, 6.07) is 6.00. The number of rotatable bonds is 5. The van der Waals surface area contributed by atoms with Gasteiger partial charge in [0.1, 0.15) is 12.1 Å². The number of hydrogen-bond donors (Lipinski definition) is 2. The Morgan fingerprint density at radius 1 is 1.30 bits per heavy atom. The van der Waals surface area contributed by atoms with Gasteiger partial charge in [0.15, 0.2) is 0 Å². The van der Waals surface area contributed by atoms with Crippen molar-refractivity contribution in [1.82, 2.24) is 15.6 Å². The van der Waals surface area contributed by atoms with Crippen LogP contribution in [-0.4, -0.2) is 30.5 Å². The van der Waals surface area contributed by atoms with Gasteiger partial charge in [0.05, 0.1) is 5.69 Å². The number of aromatic nitrogens is 1. The summed E-state index contributed by atoms with van der Waals surface area (Å²) in [6.45, 7) is 2.35. The van der Waals surface area contributed by atoms with Crippen LogP contribution in [0.15, 0.2) is 34.9 Å². The van der Waals surface area contributed by atoms with Crippen molar-refractivity contribution in [3.8, 4) is 11.5 Å². The lowest BCUT2D eigenvalue weighted by atomic mass is 9.97. The minimum atomic E-state index is -0.291. The quantitative estimate of drug-likeness (QED) is 0.886. The van der Waals surface area contributed by atoms with Crippen molar-refractivity contribution in [2.24, 2.45) is 5.92 Å². The molecular weight excluding hydrogens is 297 g/mol. The van der Waals surface area contributed by atoms with Crippen molar-refractivity contribution in [2.45, 2.75) is 19.3 Å². The fourth-order valence-corrected chi connectivity index (χ4v) is 2.69. The highest BCUT2D eigenvalue weighted by atomic mass is 19.1. The van der Waals surface area contributed by atoms with Crippen LogP contribution >= 0.6 is 0 Å². The van der Waals surface area contributed by atoms with Crippen molar-refractivity contribution < 1.29 is 13.6 Å². The first-order valence-corrected chi connectivity index (χ1v) is 7.91. The molecule has 1 aromatic heterocycles. The molecule has 0 unspecified atom stereocenters. The van der Waals surface area contributed by atoms with Crippen molar-refractivity contribution in [3.05, 3.63) is 42.0 Å². The summed E-state index contributed by atoms with van der Waals surface area (Å²) in [5.41, 5.74) is 1.51. The van der Waals surface area contributed by atoms with Gasteiger partial charge in [0.25, 0.3) is 0 Å². The maximum absolute atomic E-state index is 12.9. The molecule has 1 fully saturated rings. The first-order chi connectivity index (χ1) is 11.2. The van der Waals surface area contributed by atoms with Crippen molar-refractivity contribution in [1.29, 1.82) is 0 Å². The number of carbonyl (C=O) groups is 1. The molecule has 1 aliphatic rings. The van der Waals surface area contributed by atoms with E-state index in [1.165, 1.54) is 12.1 Å². The van der Waals surface area contributed by atoms with Crippen LogP contribution in [0.3, 0.4) is 0 Å². The molecule has 0 bridgehead atoms. The standard InChI is InChI=1S/C17H20FN3O2/c18-14-3-1-13(2-4-14)17-21-15(11-23-17)7-10-20-16(22)12-5-8-19-9-6-12/h1-4,11-12,19H,5-10H2,(H,20,22). The maximum atomic E-state index is 12.9. The number of nitrogens with one attached hydrogen (secondary N) is 2. The van der Waals surface area contributed by atoms with E-state index in [1.54, 1.807) is 18.4 Å². The first-order valence-electron chi connectivity index (χ1n) is 7.91. The molecule has 0 spiro atoms. The molecule has 0 saturated carbocycles. The summed E-state index contributed by atoms with van der Waals surface area (Å²) in [5, 5.41) is 6.21. The number of amides is 1. The highest BCUT2D eigenvalue weighted by Gasteiger charge is 2.20. The third-order valence-corrected chi connectivity index (χ3v) is 4.03. The number of hydrogen-bond acceptors (Lipinski definition) is 4. The van der Waals surface area contributed by atoms with Gasteiger partial charge in [-0.25, -0.2) is 9.37 Å². The van der Waals surface area contributed by atoms with Gasteiger partial charge in [-0.1, -0.05) is 0 Å². The first kappa shape index (κ1) is 15.7. The van der Waals surface area contributed by atoms with Crippen molar-refractivity contribution in [3.63, 3.8) is 0 Å². The Kier molecular flexibility index (Phi) is 5.02. The molecule has 1 aromatic carbocycles. The third kappa shape index (κ3) is 4.16. The molecule has 0 radical (unpaired) electrons. The average Bonchev–Trinajstić information content (AvgIpc) is 3.05. The lowest BCUT2D eigenvalue weighted by Crippen LogP contribution is -2.38. The van der Waals surface area contributed by atoms with Crippen LogP contribution in [0.5, 0.6) is 0 Å². The zero-order chi connectivity index (χ0) is 16.1. The largest absolute Gasteiger partial charge is 0.444 e. The summed E-state index contributed by atoms with van der Waals surface area (Å²) < 4.78 is 18.3. The monoisotopic (exact) mass is 317 g/mol. The Balaban J connectivity index is 1.49. The van der Waals surface area contributed by atoms with Crippen LogP contribution in [0, 0.1) is 11.7 Å². The molecule has 2 N–H and O–H groups in total. The second-order valence-electron chi connectivity index (χ2n) is 5.72. The zero-order valence-electron chi connectivity index (χ0n) is 12.8. The molecule has 6 heteroatoms. The van der Waals surface area contributed by atoms with E-state index in [1.807, 2.05) is 0 Å². The third-order valence-electron chi connectivity index (χ3n) is 4.03. The van der Waals surface area contributed by atoms with Crippen LogP contribution in [0.4, 0.5) is 4.39 Å². The molecule has 2 heterocycles. The number of oxazole rings is 1. The number of piperidine rings is 1. The van der Waals surface area contributed by atoms with E-state index in [0.29, 0.717) is 18.9 Å². The smallest absolute Gasteiger partial charge is 0.226 e. The normalized spacial score (nSPS) is 15.5. The molecule has 2 aromatic rings. The molecular formula is C17H20FN3O2. The Hall–Kier alpha value is -2.21. The second-order valence-corrected chi connectivity index (χ2v) is 5.72. The van der Waals surface area contributed by atoms with Crippen LogP contribution < -0.4 is 10.6 Å². The summed E-state index contributed by atoms with van der Waals surface area (Å²) in [7, 11) is 0. The van der Waals surface area contributed by atoms with Crippen molar-refractivity contribution >= 4 is 5.91 Å². The van der Waals surface area contributed by atoms with Crippen LogP contribution in [0.25, 0.3) is 11.5 Å². The van der Waals surface area contributed by atoms with E-state index >= 15 is 0 Å². The number of nitrogens with zero attached hydrogens (tertiary/aromatic N) is 1. The summed E-state index contributed by atoms with van der Waals surface area (Å²) in [4.78, 5) is 16.4. The summed E-state index contributed by atoms with van der Waals surface area (Å²) >= 11 is 0. The number of benzene rings is 1. The van der Waals surface area contributed by atoms with E-state index < -0.39 is 0 Å². The molecule has 122 valence electrons. The second kappa shape index (κ2) is 7.37. The molecule has 1 saturated heterocycles. The van der Waals surface area contributed by atoms with Gasteiger partial charge in [-0.15, -0.1) is 0 Å². The lowest BCUT2D eigenvalue weighted by molar-refractivity contribution is -0.125. The maximum Gasteiger partial charge on any atom is 0.226 e. The Morgan fingerprint density at radius 2 is 2.04 bits per heavy atom. The number of carbonyl (C=O) groups excluding carboxylic acids is 1. The molecule has 1 amide bonds. The van der Waals surface area contributed by atoms with Gasteiger partial charge in [-0.3, -0.25) is 4.79 Å². The molecule has 1 aliphatic heterocycles. The fourth-order valence-electron chi connectivity index (χ4n) is 2.69. The molecule has 3 rings (SSSR count). The van der Waals surface area contributed by atoms with E-state index in [4.69, 9.17) is 4.42 Å². The van der Waals surface area contributed by atoms with E-state index in [9.17, 15) is 9.18 Å². The molecule has 0 atom stereocenters. The minimum absolute atomic E-state index is 0.114. The fraction of sp³-hybridized carbons (Fsp3) is 0.412. The van der Waals surface area contributed by atoms with Crippen LogP contribution in [0.1, 0.15) is 18.5 Å². The zero-order valence-corrected chi connectivity index (χ0v) is 12.8. The van der Waals surface area contributed by atoms with E-state index in [2.05, 4.69) is 15.6 Å². The highest BCUT2D eigenvalue weighted by Crippen LogP contribution is 2.19. The molecule has 23 heavy (non-hydrogen) atoms. The number of halogens is 1. The SMILES string of the molecule is O=C(NCCc1coc(-c2ccc(F)cc2)n1)C1CCNCC1. The lowest BCUT2D eigenvalue weighted by Gasteiger charge is -2.21. The average molecular weight is 317 g/mol. The summed E-state index contributed by atoms with van der Waals surface area (Å²) in [5.74, 6) is 0.405. The van der Waals surface area contributed by atoms with Crippen LogP contribution in [0.2, 0.25) is 0 Å². The molecule has 0 aliphatic carbocycles. The Morgan fingerprint density at radius 3 is 2.78 bits per heavy atom. The Labute approximate surface area is 134 Å². The molecule has 5 nitrogen and oxygen atoms in total. The van der Waals surface area contributed by atoms with Gasteiger partial charge in [-0.05, 0) is 50.2 Å². The predicted molar refractivity (Wildman–Crippen MR) is 84.2 cm³/mol. The van der Waals surface area contributed by atoms with Gasteiger partial charge < -0.3 is 15.1 Å². The van der Waals surface area contributed by atoms with E-state index in [-0.39, 0.29) is 17.6 Å². The van der Waals surface area contributed by atoms with Crippen molar-refractivity contribution in [2.75, 3.05) is 19.6 Å². The van der Waals surface area contributed by atoms with Gasteiger partial charge >= 0.3 is 0 Å². The highest BCUT2D eigenvalue weighted by molar-refractivity contribution is 5.78. The van der Waals surface area contributed by atoms with Crippen LogP contribution in [-0.2, 0) is 11.2 Å². The minimum Gasteiger partial charge on any atom is -0.444 e. The predicted octanol–water partition coefficient (Wildman–Crippen LogP) is 2.14. The summed E-state index contributed by atoms with van der Waals surface area (Å²) in [6.07, 6.45) is 3.98. The van der Waals surface area contributed by atoms with Gasteiger partial charge in [0, 0.05) is 24.4 Å². The van der Waals surface area contributed by atoms with Gasteiger partial charge in [0.2, 0.25) is 11.8 Å². The van der Waals surface area contributed by atoms with E-state index in [0.717, 1.165) is 37.2 Å². The topological polar surface area (TPSA) is 67.2 Å².